The molecule has 176 valence electrons. The minimum atomic E-state index is -0.560. The fourth-order valence-corrected chi connectivity index (χ4v) is 4.84. The number of hydrogen-bond acceptors (Lipinski definition) is 4. The van der Waals surface area contributed by atoms with E-state index < -0.39 is 5.82 Å². The summed E-state index contributed by atoms with van der Waals surface area (Å²) in [6.07, 6.45) is 5.80. The number of carbonyl (C=O) groups is 2. The summed E-state index contributed by atoms with van der Waals surface area (Å²) in [5, 5.41) is 6.57. The molecule has 7 nitrogen and oxygen atoms in total. The number of halogens is 1. The number of carbonyl (C=O) groups excluding carboxylic acids is 2. The fourth-order valence-electron chi connectivity index (χ4n) is 4.84. The SMILES string of the molecule is CCc1cc(Cc2ccc(F)c(C(=O)N3CCCN(C(=O)C4CCCC4)CC3)c2)n[nH]c1=O. The molecule has 33 heavy (non-hydrogen) atoms. The van der Waals surface area contributed by atoms with E-state index in [1.807, 2.05) is 11.8 Å². The molecular formula is C25H31FN4O3. The predicted octanol–water partition coefficient (Wildman–Crippen LogP) is 2.93. The summed E-state index contributed by atoms with van der Waals surface area (Å²) in [5.41, 5.74) is 1.86. The smallest absolute Gasteiger partial charge is 0.267 e. The molecule has 1 saturated carbocycles. The number of nitrogens with one attached hydrogen (secondary N) is 1. The summed E-state index contributed by atoms with van der Waals surface area (Å²) in [5.74, 6) is -0.588. The number of amides is 2. The molecule has 0 unspecified atom stereocenters. The first-order chi connectivity index (χ1) is 16.0. The molecule has 2 fully saturated rings. The van der Waals surface area contributed by atoms with Gasteiger partial charge in [-0.15, -0.1) is 0 Å². The molecule has 1 aromatic heterocycles. The van der Waals surface area contributed by atoms with Gasteiger partial charge in [0.1, 0.15) is 5.82 Å². The van der Waals surface area contributed by atoms with Gasteiger partial charge in [0, 0.05) is 44.1 Å². The van der Waals surface area contributed by atoms with E-state index in [0.717, 1.165) is 31.2 Å². The van der Waals surface area contributed by atoms with E-state index in [2.05, 4.69) is 10.2 Å². The summed E-state index contributed by atoms with van der Waals surface area (Å²) < 4.78 is 14.6. The number of aryl methyl sites for hydroxylation is 1. The molecule has 1 aromatic carbocycles. The number of aromatic amines is 1. The van der Waals surface area contributed by atoms with Crippen LogP contribution in [0.3, 0.4) is 0 Å². The van der Waals surface area contributed by atoms with Crippen molar-refractivity contribution in [3.8, 4) is 0 Å². The Morgan fingerprint density at radius 2 is 1.79 bits per heavy atom. The molecule has 0 bridgehead atoms. The second kappa shape index (κ2) is 10.3. The van der Waals surface area contributed by atoms with Crippen LogP contribution in [0.1, 0.15) is 66.2 Å². The topological polar surface area (TPSA) is 86.4 Å². The maximum absolute atomic E-state index is 14.6. The Kier molecular flexibility index (Phi) is 7.20. The second-order valence-electron chi connectivity index (χ2n) is 9.01. The highest BCUT2D eigenvalue weighted by atomic mass is 19.1. The minimum Gasteiger partial charge on any atom is -0.341 e. The Bertz CT molecular complexity index is 1080. The van der Waals surface area contributed by atoms with Crippen LogP contribution in [-0.2, 0) is 17.6 Å². The van der Waals surface area contributed by atoms with Crippen molar-refractivity contribution in [3.05, 3.63) is 62.8 Å². The van der Waals surface area contributed by atoms with Gasteiger partial charge in [-0.1, -0.05) is 25.8 Å². The zero-order chi connectivity index (χ0) is 23.4. The van der Waals surface area contributed by atoms with Crippen LogP contribution in [0.4, 0.5) is 4.39 Å². The first-order valence-corrected chi connectivity index (χ1v) is 11.9. The quantitative estimate of drug-likeness (QED) is 0.753. The van der Waals surface area contributed by atoms with E-state index in [0.29, 0.717) is 56.7 Å². The third kappa shape index (κ3) is 5.31. The minimum absolute atomic E-state index is 0.0307. The average molecular weight is 455 g/mol. The van der Waals surface area contributed by atoms with Gasteiger partial charge in [-0.05, 0) is 49.4 Å². The lowest BCUT2D eigenvalue weighted by atomic mass is 10.0. The summed E-state index contributed by atoms with van der Waals surface area (Å²) >= 11 is 0. The van der Waals surface area contributed by atoms with Crippen LogP contribution >= 0.6 is 0 Å². The highest BCUT2D eigenvalue weighted by Crippen LogP contribution is 2.27. The third-order valence-electron chi connectivity index (χ3n) is 6.76. The monoisotopic (exact) mass is 454 g/mol. The number of nitrogens with zero attached hydrogens (tertiary/aromatic N) is 3. The van der Waals surface area contributed by atoms with Crippen molar-refractivity contribution in [2.75, 3.05) is 26.2 Å². The Morgan fingerprint density at radius 3 is 2.55 bits per heavy atom. The van der Waals surface area contributed by atoms with Crippen molar-refractivity contribution in [2.45, 2.75) is 51.9 Å². The number of H-pyrrole nitrogens is 1. The largest absolute Gasteiger partial charge is 0.341 e. The molecule has 1 aliphatic carbocycles. The summed E-state index contributed by atoms with van der Waals surface area (Å²) in [6.45, 7) is 3.93. The number of benzene rings is 1. The van der Waals surface area contributed by atoms with E-state index >= 15 is 0 Å². The molecule has 0 radical (unpaired) electrons. The molecule has 2 heterocycles. The lowest BCUT2D eigenvalue weighted by molar-refractivity contribution is -0.135. The Labute approximate surface area is 193 Å². The first kappa shape index (κ1) is 23.1. The van der Waals surface area contributed by atoms with Crippen molar-refractivity contribution in [1.29, 1.82) is 0 Å². The van der Waals surface area contributed by atoms with Gasteiger partial charge in [-0.3, -0.25) is 14.4 Å². The normalized spacial score (nSPS) is 17.3. The van der Waals surface area contributed by atoms with Crippen molar-refractivity contribution >= 4 is 11.8 Å². The predicted molar refractivity (Wildman–Crippen MR) is 123 cm³/mol. The number of rotatable bonds is 5. The number of aromatic nitrogens is 2. The number of hydrogen-bond donors (Lipinski definition) is 1. The average Bonchev–Trinajstić information content (AvgIpc) is 3.25. The van der Waals surface area contributed by atoms with E-state index in [4.69, 9.17) is 0 Å². The van der Waals surface area contributed by atoms with Crippen molar-refractivity contribution in [1.82, 2.24) is 20.0 Å². The van der Waals surface area contributed by atoms with Crippen LogP contribution < -0.4 is 5.56 Å². The molecule has 2 amide bonds. The molecular weight excluding hydrogens is 423 g/mol. The van der Waals surface area contributed by atoms with Gasteiger partial charge in [-0.25, -0.2) is 9.49 Å². The Morgan fingerprint density at radius 1 is 1.06 bits per heavy atom. The van der Waals surface area contributed by atoms with E-state index in [1.165, 1.54) is 6.07 Å². The van der Waals surface area contributed by atoms with Gasteiger partial charge in [0.05, 0.1) is 11.3 Å². The highest BCUT2D eigenvalue weighted by molar-refractivity contribution is 5.94. The molecule has 1 N–H and O–H groups in total. The molecule has 4 rings (SSSR count). The molecule has 0 spiro atoms. The third-order valence-corrected chi connectivity index (χ3v) is 6.76. The lowest BCUT2D eigenvalue weighted by Gasteiger charge is -2.24. The van der Waals surface area contributed by atoms with Crippen molar-refractivity contribution < 1.29 is 14.0 Å². The van der Waals surface area contributed by atoms with Crippen LogP contribution in [0.25, 0.3) is 0 Å². The van der Waals surface area contributed by atoms with Crippen LogP contribution in [0.2, 0.25) is 0 Å². The van der Waals surface area contributed by atoms with Crippen LogP contribution in [0.15, 0.2) is 29.1 Å². The van der Waals surface area contributed by atoms with Gasteiger partial charge < -0.3 is 9.80 Å². The Hall–Kier alpha value is -3.03. The summed E-state index contributed by atoms with van der Waals surface area (Å²) in [4.78, 5) is 41.2. The second-order valence-corrected chi connectivity index (χ2v) is 9.01. The molecule has 1 saturated heterocycles. The van der Waals surface area contributed by atoms with Crippen molar-refractivity contribution in [2.24, 2.45) is 5.92 Å². The fraction of sp³-hybridized carbons (Fsp3) is 0.520. The van der Waals surface area contributed by atoms with Gasteiger partial charge in [0.15, 0.2) is 0 Å². The summed E-state index contributed by atoms with van der Waals surface area (Å²) in [7, 11) is 0. The lowest BCUT2D eigenvalue weighted by Crippen LogP contribution is -2.39. The standard InChI is InChI=1S/C25H31FN4O3/c1-2-18-16-20(27-28-23(18)31)14-17-8-9-22(26)21(15-17)25(33)30-11-5-10-29(12-13-30)24(32)19-6-3-4-7-19/h8-9,15-16,19H,2-7,10-14H2,1H3,(H,28,31). The zero-order valence-corrected chi connectivity index (χ0v) is 19.1. The molecule has 8 heteroatoms. The van der Waals surface area contributed by atoms with Gasteiger partial charge in [0.2, 0.25) is 5.91 Å². The van der Waals surface area contributed by atoms with Crippen LogP contribution in [-0.4, -0.2) is 58.0 Å². The zero-order valence-electron chi connectivity index (χ0n) is 19.1. The molecule has 1 aliphatic heterocycles. The van der Waals surface area contributed by atoms with Crippen LogP contribution in [0.5, 0.6) is 0 Å². The summed E-state index contributed by atoms with van der Waals surface area (Å²) in [6, 6.07) is 6.26. The first-order valence-electron chi connectivity index (χ1n) is 11.9. The molecule has 2 aromatic rings. The van der Waals surface area contributed by atoms with Crippen LogP contribution in [0, 0.1) is 11.7 Å². The van der Waals surface area contributed by atoms with Gasteiger partial charge in [0.25, 0.3) is 11.5 Å². The maximum atomic E-state index is 14.6. The van der Waals surface area contributed by atoms with Gasteiger partial charge in [-0.2, -0.15) is 5.10 Å². The van der Waals surface area contributed by atoms with E-state index in [-0.39, 0.29) is 28.9 Å². The van der Waals surface area contributed by atoms with E-state index in [9.17, 15) is 18.8 Å². The van der Waals surface area contributed by atoms with Gasteiger partial charge >= 0.3 is 0 Å². The van der Waals surface area contributed by atoms with Crippen molar-refractivity contribution in [3.63, 3.8) is 0 Å². The molecule has 0 atom stereocenters. The van der Waals surface area contributed by atoms with E-state index in [1.54, 1.807) is 23.1 Å². The molecule has 2 aliphatic rings. The maximum Gasteiger partial charge on any atom is 0.267 e. The highest BCUT2D eigenvalue weighted by Gasteiger charge is 2.30. The Balaban J connectivity index is 1.45.